The fraction of sp³-hybridized carbons (Fsp3) is 0.600. The summed E-state index contributed by atoms with van der Waals surface area (Å²) in [4.78, 5) is 52.2. The first-order chi connectivity index (χ1) is 19.5. The Balaban J connectivity index is 1.53. The molecule has 2 saturated heterocycles. The molecule has 5 N–H and O–H groups in total. The molecule has 4 rings (SSSR count). The Morgan fingerprint density at radius 3 is 2.51 bits per heavy atom. The zero-order chi connectivity index (χ0) is 29.7. The number of ether oxygens (including phenoxy) is 3. The number of epoxide rings is 1. The number of carbonyl (C=O) groups excluding carboxylic acids is 4. The summed E-state index contributed by atoms with van der Waals surface area (Å²) in [7, 11) is 1.43. The van der Waals surface area contributed by atoms with Gasteiger partial charge in [0, 0.05) is 18.9 Å². The molecule has 3 amide bonds. The molecule has 0 aromatic heterocycles. The lowest BCUT2D eigenvalue weighted by atomic mass is 9.88. The van der Waals surface area contributed by atoms with Crippen molar-refractivity contribution in [3.63, 3.8) is 0 Å². The van der Waals surface area contributed by atoms with Gasteiger partial charge in [0.05, 0.1) is 31.8 Å². The first-order valence-corrected chi connectivity index (χ1v) is 14.2. The van der Waals surface area contributed by atoms with Gasteiger partial charge in [0.25, 0.3) is 0 Å². The molecule has 0 spiro atoms. The summed E-state index contributed by atoms with van der Waals surface area (Å²) in [5, 5.41) is 16.0. The molecule has 3 aliphatic rings. The monoisotopic (exact) mass is 571 g/mol. The SMILES string of the molecule is COc1ccc(C[C@H](NC(=O)[C@H](C)C2CC(C(N)=O)CCO2)C(=O)N[C@@H](CC2=CCCC2)C(=O)[C@@]2(C)CO2)cc1O. The van der Waals surface area contributed by atoms with Crippen molar-refractivity contribution in [3.05, 3.63) is 35.4 Å². The molecule has 0 bridgehead atoms. The van der Waals surface area contributed by atoms with Gasteiger partial charge in [-0.3, -0.25) is 19.2 Å². The summed E-state index contributed by atoms with van der Waals surface area (Å²) in [6.07, 6.45) is 5.64. The zero-order valence-electron chi connectivity index (χ0n) is 23.9. The van der Waals surface area contributed by atoms with Gasteiger partial charge in [-0.2, -0.15) is 0 Å². The Morgan fingerprint density at radius 1 is 1.17 bits per heavy atom. The summed E-state index contributed by atoms with van der Waals surface area (Å²) in [5.41, 5.74) is 6.26. The van der Waals surface area contributed by atoms with Crippen molar-refractivity contribution >= 4 is 23.5 Å². The van der Waals surface area contributed by atoms with Gasteiger partial charge in [-0.05, 0) is 63.1 Å². The number of nitrogens with two attached hydrogens (primary N) is 1. The molecule has 41 heavy (non-hydrogen) atoms. The number of ketones is 1. The van der Waals surface area contributed by atoms with Gasteiger partial charge < -0.3 is 35.7 Å². The highest BCUT2D eigenvalue weighted by molar-refractivity contribution is 5.98. The van der Waals surface area contributed by atoms with Crippen molar-refractivity contribution in [3.8, 4) is 11.5 Å². The molecule has 1 aromatic carbocycles. The highest BCUT2D eigenvalue weighted by atomic mass is 16.6. The van der Waals surface area contributed by atoms with Gasteiger partial charge in [0.1, 0.15) is 11.6 Å². The second-order valence-corrected chi connectivity index (χ2v) is 11.5. The number of benzene rings is 1. The van der Waals surface area contributed by atoms with E-state index >= 15 is 0 Å². The van der Waals surface area contributed by atoms with E-state index in [0.29, 0.717) is 38.0 Å². The maximum atomic E-state index is 13.7. The normalized spacial score (nSPS) is 25.8. The van der Waals surface area contributed by atoms with Gasteiger partial charge in [-0.25, -0.2) is 0 Å². The van der Waals surface area contributed by atoms with Crippen LogP contribution >= 0.6 is 0 Å². The number of amides is 3. The van der Waals surface area contributed by atoms with Gasteiger partial charge in [-0.1, -0.05) is 24.6 Å². The van der Waals surface area contributed by atoms with Gasteiger partial charge in [0.2, 0.25) is 17.7 Å². The molecule has 2 heterocycles. The average molecular weight is 572 g/mol. The first kappa shape index (κ1) is 30.5. The van der Waals surface area contributed by atoms with Crippen molar-refractivity contribution in [2.24, 2.45) is 17.6 Å². The van der Waals surface area contributed by atoms with Crippen LogP contribution in [0, 0.1) is 11.8 Å². The molecular formula is C30H41N3O8. The fourth-order valence-corrected chi connectivity index (χ4v) is 5.50. The number of rotatable bonds is 13. The molecule has 2 aliphatic heterocycles. The second-order valence-electron chi connectivity index (χ2n) is 11.5. The summed E-state index contributed by atoms with van der Waals surface area (Å²) in [6, 6.07) is 2.88. The largest absolute Gasteiger partial charge is 0.504 e. The van der Waals surface area contributed by atoms with E-state index in [9.17, 15) is 24.3 Å². The van der Waals surface area contributed by atoms with E-state index in [1.807, 2.05) is 0 Å². The number of aromatic hydroxyl groups is 1. The van der Waals surface area contributed by atoms with E-state index in [-0.39, 0.29) is 29.6 Å². The van der Waals surface area contributed by atoms with Crippen LogP contribution in [-0.4, -0.2) is 72.7 Å². The van der Waals surface area contributed by atoms with E-state index in [2.05, 4.69) is 16.7 Å². The fourth-order valence-electron chi connectivity index (χ4n) is 5.50. The summed E-state index contributed by atoms with van der Waals surface area (Å²) in [6.45, 7) is 4.00. The van der Waals surface area contributed by atoms with E-state index in [1.165, 1.54) is 13.2 Å². The molecule has 0 saturated carbocycles. The van der Waals surface area contributed by atoms with Gasteiger partial charge in [-0.15, -0.1) is 0 Å². The quantitative estimate of drug-likeness (QED) is 0.205. The Morgan fingerprint density at radius 2 is 1.90 bits per heavy atom. The minimum Gasteiger partial charge on any atom is -0.504 e. The average Bonchev–Trinajstić information content (AvgIpc) is 3.49. The molecule has 11 heteroatoms. The maximum Gasteiger partial charge on any atom is 0.243 e. The number of phenolic OH excluding ortho intramolecular Hbond substituents is 1. The van der Waals surface area contributed by atoms with Crippen LogP contribution in [0.3, 0.4) is 0 Å². The minimum atomic E-state index is -1.06. The van der Waals surface area contributed by atoms with Crippen molar-refractivity contribution in [1.29, 1.82) is 0 Å². The zero-order valence-corrected chi connectivity index (χ0v) is 23.9. The first-order valence-electron chi connectivity index (χ1n) is 14.2. The van der Waals surface area contributed by atoms with Crippen LogP contribution in [0.1, 0.15) is 57.9 Å². The molecule has 1 aromatic rings. The predicted octanol–water partition coefficient (Wildman–Crippen LogP) is 1.69. The summed E-state index contributed by atoms with van der Waals surface area (Å²) >= 11 is 0. The van der Waals surface area contributed by atoms with Crippen molar-refractivity contribution < 1.29 is 38.5 Å². The smallest absolute Gasteiger partial charge is 0.243 e. The van der Waals surface area contributed by atoms with E-state index in [0.717, 1.165) is 24.8 Å². The second kappa shape index (κ2) is 13.0. The van der Waals surface area contributed by atoms with Crippen LogP contribution in [0.2, 0.25) is 0 Å². The van der Waals surface area contributed by atoms with Crippen molar-refractivity contribution in [2.45, 2.75) is 82.6 Å². The Hall–Kier alpha value is -3.44. The lowest BCUT2D eigenvalue weighted by molar-refractivity contribution is -0.139. The van der Waals surface area contributed by atoms with E-state index < -0.39 is 47.4 Å². The van der Waals surface area contributed by atoms with Crippen LogP contribution in [0.25, 0.3) is 0 Å². The number of hydrogen-bond acceptors (Lipinski definition) is 8. The van der Waals surface area contributed by atoms with Crippen molar-refractivity contribution in [2.75, 3.05) is 20.3 Å². The van der Waals surface area contributed by atoms with Crippen LogP contribution in [0.15, 0.2) is 29.8 Å². The van der Waals surface area contributed by atoms with Gasteiger partial charge >= 0.3 is 0 Å². The number of allylic oxidation sites excluding steroid dienone is 1. The predicted molar refractivity (Wildman–Crippen MR) is 149 cm³/mol. The van der Waals surface area contributed by atoms with Crippen LogP contribution in [-0.2, 0) is 35.1 Å². The lowest BCUT2D eigenvalue weighted by Gasteiger charge is -2.32. The van der Waals surface area contributed by atoms with Crippen LogP contribution in [0.4, 0.5) is 0 Å². The number of hydrogen-bond donors (Lipinski definition) is 4. The number of Topliss-reactive ketones (excluding diaryl/α,β-unsaturated/α-hetero) is 1. The third-order valence-corrected chi connectivity index (χ3v) is 8.34. The van der Waals surface area contributed by atoms with Crippen LogP contribution < -0.4 is 21.1 Å². The summed E-state index contributed by atoms with van der Waals surface area (Å²) < 4.78 is 16.3. The standard InChI is InChI=1S/C30H41N3O8/c1-17(25-15-20(27(31)36)10-11-40-25)28(37)33-22(13-19-8-9-24(39-3)23(34)14-19)29(38)32-21(12-18-6-4-5-7-18)26(35)30(2)16-41-30/h6,8-9,14,17,20-22,25,34H,4-5,7,10-13,15-16H2,1-3H3,(H2,31,36)(H,32,38)(H,33,37)/t17-,20?,21+,22+,25?,30-/m1/s1. The Bertz CT molecular complexity index is 1190. The van der Waals surface area contributed by atoms with E-state index in [1.54, 1.807) is 26.0 Å². The molecule has 1 aliphatic carbocycles. The molecule has 2 unspecified atom stereocenters. The Kier molecular flexibility index (Phi) is 9.70. The molecule has 224 valence electrons. The highest BCUT2D eigenvalue weighted by Crippen LogP contribution is 2.32. The molecular weight excluding hydrogens is 530 g/mol. The van der Waals surface area contributed by atoms with E-state index in [4.69, 9.17) is 19.9 Å². The molecule has 2 fully saturated rings. The molecule has 11 nitrogen and oxygen atoms in total. The number of methoxy groups -OCH3 is 1. The number of nitrogens with one attached hydrogen (secondary N) is 2. The minimum absolute atomic E-state index is 0.0503. The molecule has 6 atom stereocenters. The third kappa shape index (κ3) is 7.65. The Labute approximate surface area is 240 Å². The third-order valence-electron chi connectivity index (χ3n) is 8.34. The highest BCUT2D eigenvalue weighted by Gasteiger charge is 2.50. The molecule has 0 radical (unpaired) electrons. The summed E-state index contributed by atoms with van der Waals surface area (Å²) in [5.74, 6) is -2.46. The lowest BCUT2D eigenvalue weighted by Crippen LogP contribution is -2.55. The number of phenols is 1. The van der Waals surface area contributed by atoms with Crippen LogP contribution in [0.5, 0.6) is 11.5 Å². The number of carbonyl (C=O) groups is 4. The van der Waals surface area contributed by atoms with Gasteiger partial charge in [0.15, 0.2) is 17.3 Å². The maximum absolute atomic E-state index is 13.7. The van der Waals surface area contributed by atoms with Crippen molar-refractivity contribution in [1.82, 2.24) is 10.6 Å². The topological polar surface area (TPSA) is 170 Å². The number of primary amides is 1.